The molecule has 1 aromatic rings. The largest absolute Gasteiger partial charge is 0.478 e. The van der Waals surface area contributed by atoms with E-state index in [0.29, 0.717) is 11.8 Å². The van der Waals surface area contributed by atoms with Gasteiger partial charge in [-0.1, -0.05) is 6.92 Å². The molecular weight excluding hydrogens is 287 g/mol. The number of carboxylic acid groups (broad SMARTS) is 1. The number of nitro benzene ring substituents is 1. The van der Waals surface area contributed by atoms with Crippen LogP contribution in [0.4, 0.5) is 15.8 Å². The third-order valence-corrected chi connectivity index (χ3v) is 3.82. The highest BCUT2D eigenvalue weighted by Crippen LogP contribution is 2.28. The molecule has 1 aromatic carbocycles. The fraction of sp³-hybridized carbons (Fsp3) is 0.417. The first-order valence-electron chi connectivity index (χ1n) is 5.84. The fourth-order valence-electron chi connectivity index (χ4n) is 1.55. The third kappa shape index (κ3) is 4.09. The van der Waals surface area contributed by atoms with E-state index in [-0.39, 0.29) is 5.69 Å². The van der Waals surface area contributed by atoms with Crippen LogP contribution in [0.15, 0.2) is 12.1 Å². The predicted molar refractivity (Wildman–Crippen MR) is 76.1 cm³/mol. The van der Waals surface area contributed by atoms with Crippen LogP contribution in [0.3, 0.4) is 0 Å². The van der Waals surface area contributed by atoms with Crippen LogP contribution < -0.4 is 5.32 Å². The minimum Gasteiger partial charge on any atom is -0.478 e. The molecule has 110 valence electrons. The number of carbonyl (C=O) groups is 1. The maximum Gasteiger partial charge on any atom is 0.338 e. The zero-order valence-corrected chi connectivity index (χ0v) is 11.9. The second-order valence-corrected chi connectivity index (χ2v) is 5.45. The summed E-state index contributed by atoms with van der Waals surface area (Å²) in [5.74, 6) is -2.53. The quantitative estimate of drug-likeness (QED) is 0.594. The molecule has 0 fully saturated rings. The second kappa shape index (κ2) is 7.09. The lowest BCUT2D eigenvalue weighted by Crippen LogP contribution is -2.11. The van der Waals surface area contributed by atoms with Crippen molar-refractivity contribution in [1.82, 2.24) is 0 Å². The number of thioether (sulfide) groups is 1. The standard InChI is InChI=1S/C12H15FN2O4S/c1-7(20-2)3-4-14-10-6-9(13)8(12(16)17)5-11(10)15(18)19/h5-7,14H,3-4H2,1-2H3,(H,16,17). The Bertz CT molecular complexity index is 524. The molecule has 0 aliphatic heterocycles. The smallest absolute Gasteiger partial charge is 0.338 e. The van der Waals surface area contributed by atoms with E-state index in [2.05, 4.69) is 5.32 Å². The Balaban J connectivity index is 2.97. The van der Waals surface area contributed by atoms with Gasteiger partial charge in [-0.2, -0.15) is 11.8 Å². The Morgan fingerprint density at radius 1 is 1.60 bits per heavy atom. The highest BCUT2D eigenvalue weighted by Gasteiger charge is 2.21. The van der Waals surface area contributed by atoms with E-state index < -0.39 is 28.0 Å². The molecule has 0 aliphatic carbocycles. The second-order valence-electron chi connectivity index (χ2n) is 4.17. The van der Waals surface area contributed by atoms with Crippen molar-refractivity contribution in [2.75, 3.05) is 18.1 Å². The number of carboxylic acids is 1. The maximum atomic E-state index is 13.5. The molecule has 2 N–H and O–H groups in total. The van der Waals surface area contributed by atoms with Crippen LogP contribution in [0, 0.1) is 15.9 Å². The number of hydrogen-bond donors (Lipinski definition) is 2. The van der Waals surface area contributed by atoms with Gasteiger partial charge in [0.05, 0.1) is 4.92 Å². The molecule has 0 amide bonds. The Morgan fingerprint density at radius 3 is 2.75 bits per heavy atom. The maximum absolute atomic E-state index is 13.5. The first kappa shape index (κ1) is 16.2. The van der Waals surface area contributed by atoms with E-state index in [0.717, 1.165) is 18.6 Å². The minimum atomic E-state index is -1.53. The van der Waals surface area contributed by atoms with Crippen molar-refractivity contribution in [1.29, 1.82) is 0 Å². The molecular formula is C12H15FN2O4S. The summed E-state index contributed by atoms with van der Waals surface area (Å²) in [5.41, 5.74) is -1.16. The zero-order chi connectivity index (χ0) is 15.3. The Labute approximate surface area is 119 Å². The predicted octanol–water partition coefficient (Wildman–Crippen LogP) is 2.99. The molecule has 1 atom stereocenters. The number of anilines is 1. The molecule has 20 heavy (non-hydrogen) atoms. The van der Waals surface area contributed by atoms with E-state index in [1.165, 1.54) is 0 Å². The number of benzene rings is 1. The number of halogens is 1. The van der Waals surface area contributed by atoms with Gasteiger partial charge in [-0.3, -0.25) is 10.1 Å². The lowest BCUT2D eigenvalue weighted by Gasteiger charge is -2.11. The molecule has 0 spiro atoms. The van der Waals surface area contributed by atoms with Crippen molar-refractivity contribution in [3.63, 3.8) is 0 Å². The molecule has 1 rings (SSSR count). The van der Waals surface area contributed by atoms with Gasteiger partial charge in [-0.15, -0.1) is 0 Å². The molecule has 8 heteroatoms. The summed E-state index contributed by atoms with van der Waals surface area (Å²) in [4.78, 5) is 20.9. The van der Waals surface area contributed by atoms with Crippen molar-refractivity contribution in [2.45, 2.75) is 18.6 Å². The van der Waals surface area contributed by atoms with Crippen LogP contribution >= 0.6 is 11.8 Å². The first-order valence-corrected chi connectivity index (χ1v) is 7.13. The summed E-state index contributed by atoms with van der Waals surface area (Å²) < 4.78 is 13.5. The Morgan fingerprint density at radius 2 is 2.25 bits per heavy atom. The van der Waals surface area contributed by atoms with Gasteiger partial charge in [-0.05, 0) is 12.7 Å². The monoisotopic (exact) mass is 302 g/mol. The number of nitrogens with one attached hydrogen (secondary N) is 1. The van der Waals surface area contributed by atoms with Gasteiger partial charge in [-0.25, -0.2) is 9.18 Å². The Hall–Kier alpha value is -1.83. The van der Waals surface area contributed by atoms with Gasteiger partial charge in [0.25, 0.3) is 5.69 Å². The number of nitrogens with zero attached hydrogens (tertiary/aromatic N) is 1. The highest BCUT2D eigenvalue weighted by atomic mass is 32.2. The van der Waals surface area contributed by atoms with Crippen LogP contribution in [0.2, 0.25) is 0 Å². The number of hydrogen-bond acceptors (Lipinski definition) is 5. The molecule has 0 heterocycles. The molecule has 6 nitrogen and oxygen atoms in total. The van der Waals surface area contributed by atoms with Gasteiger partial charge in [0.1, 0.15) is 17.1 Å². The zero-order valence-electron chi connectivity index (χ0n) is 11.1. The number of nitro groups is 1. The van der Waals surface area contributed by atoms with E-state index in [9.17, 15) is 19.3 Å². The normalized spacial score (nSPS) is 11.9. The molecule has 0 saturated heterocycles. The lowest BCUT2D eigenvalue weighted by molar-refractivity contribution is -0.384. The topological polar surface area (TPSA) is 92.5 Å². The summed E-state index contributed by atoms with van der Waals surface area (Å²) in [5, 5.41) is 22.8. The lowest BCUT2D eigenvalue weighted by atomic mass is 10.1. The summed E-state index contributed by atoms with van der Waals surface area (Å²) in [6.07, 6.45) is 2.70. The summed E-state index contributed by atoms with van der Waals surface area (Å²) in [6.45, 7) is 2.45. The summed E-state index contributed by atoms with van der Waals surface area (Å²) in [6, 6.07) is 1.59. The van der Waals surface area contributed by atoms with Crippen molar-refractivity contribution in [3.05, 3.63) is 33.6 Å². The molecule has 0 saturated carbocycles. The van der Waals surface area contributed by atoms with Crippen molar-refractivity contribution < 1.29 is 19.2 Å². The summed E-state index contributed by atoms with van der Waals surface area (Å²) >= 11 is 1.65. The fourth-order valence-corrected chi connectivity index (χ4v) is 1.90. The van der Waals surface area contributed by atoms with Crippen LogP contribution in [0.5, 0.6) is 0 Å². The Kier molecular flexibility index (Phi) is 5.75. The van der Waals surface area contributed by atoms with E-state index in [1.54, 1.807) is 11.8 Å². The van der Waals surface area contributed by atoms with Crippen LogP contribution in [-0.4, -0.2) is 34.0 Å². The number of aromatic carboxylic acids is 1. The van der Waals surface area contributed by atoms with Crippen LogP contribution in [-0.2, 0) is 0 Å². The minimum absolute atomic E-state index is 0.00852. The van der Waals surface area contributed by atoms with Gasteiger partial charge >= 0.3 is 5.97 Å². The number of rotatable bonds is 7. The molecule has 0 bridgehead atoms. The van der Waals surface area contributed by atoms with Crippen molar-refractivity contribution >= 4 is 29.1 Å². The van der Waals surface area contributed by atoms with Gasteiger partial charge in [0.15, 0.2) is 0 Å². The molecule has 1 unspecified atom stereocenters. The van der Waals surface area contributed by atoms with Crippen molar-refractivity contribution in [2.24, 2.45) is 0 Å². The van der Waals surface area contributed by atoms with Gasteiger partial charge < -0.3 is 10.4 Å². The summed E-state index contributed by atoms with van der Waals surface area (Å²) in [7, 11) is 0. The van der Waals surface area contributed by atoms with Gasteiger partial charge in [0.2, 0.25) is 0 Å². The van der Waals surface area contributed by atoms with E-state index >= 15 is 0 Å². The SMILES string of the molecule is CSC(C)CCNc1cc(F)c(C(=O)O)cc1[N+](=O)[O-]. The van der Waals surface area contributed by atoms with Crippen LogP contribution in [0.1, 0.15) is 23.7 Å². The van der Waals surface area contributed by atoms with Crippen LogP contribution in [0.25, 0.3) is 0 Å². The molecule has 0 aromatic heterocycles. The average Bonchev–Trinajstić information content (AvgIpc) is 2.37. The molecule has 0 radical (unpaired) electrons. The molecule has 0 aliphatic rings. The van der Waals surface area contributed by atoms with E-state index in [1.807, 2.05) is 13.2 Å². The van der Waals surface area contributed by atoms with Crippen molar-refractivity contribution in [3.8, 4) is 0 Å². The third-order valence-electron chi connectivity index (χ3n) is 2.78. The highest BCUT2D eigenvalue weighted by molar-refractivity contribution is 7.99. The first-order chi connectivity index (χ1) is 9.36. The van der Waals surface area contributed by atoms with E-state index in [4.69, 9.17) is 5.11 Å². The average molecular weight is 302 g/mol. The van der Waals surface area contributed by atoms with Gasteiger partial charge in [0, 0.05) is 23.9 Å².